The molecule has 156 valence electrons. The molecule has 1 aromatic heterocycles. The van der Waals surface area contributed by atoms with Gasteiger partial charge in [0, 0.05) is 37.9 Å². The molecule has 30 heavy (non-hydrogen) atoms. The average Bonchev–Trinajstić information content (AvgIpc) is 2.81. The topological polar surface area (TPSA) is 88.8 Å². The zero-order valence-corrected chi connectivity index (χ0v) is 17.2. The van der Waals surface area contributed by atoms with Gasteiger partial charge in [-0.25, -0.2) is 9.97 Å². The van der Waals surface area contributed by atoms with Crippen molar-refractivity contribution in [3.63, 3.8) is 0 Å². The number of nitrogens with two attached hydrogens (primary N) is 1. The van der Waals surface area contributed by atoms with Crippen LogP contribution in [0.1, 0.15) is 0 Å². The molecule has 1 aliphatic rings. The van der Waals surface area contributed by atoms with Crippen molar-refractivity contribution in [3.8, 4) is 11.5 Å². The Morgan fingerprint density at radius 2 is 1.63 bits per heavy atom. The first-order valence-electron chi connectivity index (χ1n) is 9.84. The Balaban J connectivity index is 1.52. The number of rotatable bonds is 6. The number of aromatic nitrogens is 2. The molecule has 2 aromatic carbocycles. The van der Waals surface area contributed by atoms with Crippen LogP contribution in [0, 0.1) is 0 Å². The van der Waals surface area contributed by atoms with Crippen molar-refractivity contribution in [2.45, 2.75) is 0 Å². The van der Waals surface area contributed by atoms with E-state index in [0.29, 0.717) is 23.0 Å². The van der Waals surface area contributed by atoms with E-state index in [-0.39, 0.29) is 0 Å². The number of piperazine rings is 1. The monoisotopic (exact) mass is 406 g/mol. The lowest BCUT2D eigenvalue weighted by atomic mass is 10.2. The molecule has 1 fully saturated rings. The molecule has 2 heterocycles. The number of hydrogen-bond acceptors (Lipinski definition) is 8. The van der Waals surface area contributed by atoms with Crippen molar-refractivity contribution in [2.24, 2.45) is 0 Å². The predicted octanol–water partition coefficient (Wildman–Crippen LogP) is 3.15. The van der Waals surface area contributed by atoms with Crippen molar-refractivity contribution >= 4 is 28.7 Å². The summed E-state index contributed by atoms with van der Waals surface area (Å²) in [5, 5.41) is 3.26. The van der Waals surface area contributed by atoms with Crippen molar-refractivity contribution in [1.29, 1.82) is 0 Å². The zero-order valence-electron chi connectivity index (χ0n) is 17.2. The first-order valence-corrected chi connectivity index (χ1v) is 9.84. The Bertz CT molecular complexity index is 990. The van der Waals surface area contributed by atoms with E-state index in [0.717, 1.165) is 37.7 Å². The average molecular weight is 406 g/mol. The highest BCUT2D eigenvalue weighted by molar-refractivity contribution is 5.80. The minimum absolute atomic E-state index is 0.510. The lowest BCUT2D eigenvalue weighted by Gasteiger charge is -2.37. The Hall–Kier alpha value is -3.68. The maximum absolute atomic E-state index is 6.46. The van der Waals surface area contributed by atoms with Gasteiger partial charge in [0.1, 0.15) is 23.5 Å². The van der Waals surface area contributed by atoms with Gasteiger partial charge in [-0.3, -0.25) is 0 Å². The quantitative estimate of drug-likeness (QED) is 0.645. The molecule has 0 atom stereocenters. The fourth-order valence-corrected chi connectivity index (χ4v) is 3.59. The van der Waals surface area contributed by atoms with Gasteiger partial charge in [-0.15, -0.1) is 0 Å². The van der Waals surface area contributed by atoms with Crippen LogP contribution >= 0.6 is 0 Å². The lowest BCUT2D eigenvalue weighted by molar-refractivity contribution is 0.405. The molecule has 8 nitrogen and oxygen atoms in total. The molecule has 1 saturated heterocycles. The van der Waals surface area contributed by atoms with Gasteiger partial charge in [0.2, 0.25) is 0 Å². The van der Waals surface area contributed by atoms with Gasteiger partial charge >= 0.3 is 0 Å². The summed E-state index contributed by atoms with van der Waals surface area (Å²) in [6.45, 7) is 3.47. The normalized spacial score (nSPS) is 13.8. The van der Waals surface area contributed by atoms with Crippen LogP contribution in [0.3, 0.4) is 0 Å². The second-order valence-corrected chi connectivity index (χ2v) is 6.96. The minimum atomic E-state index is 0.510. The Labute approximate surface area is 176 Å². The Kier molecular flexibility index (Phi) is 5.74. The van der Waals surface area contributed by atoms with Gasteiger partial charge in [-0.1, -0.05) is 18.2 Å². The van der Waals surface area contributed by atoms with Crippen LogP contribution in [0.2, 0.25) is 0 Å². The molecule has 0 radical (unpaired) electrons. The lowest BCUT2D eigenvalue weighted by Crippen LogP contribution is -2.47. The molecule has 0 amide bonds. The summed E-state index contributed by atoms with van der Waals surface area (Å²) in [5.74, 6) is 2.66. The molecule has 0 saturated carbocycles. The SMILES string of the molecule is COc1ccc(OC)c(Nc2ncnc(N3CCN(c4ccccc4)CC3)c2N)c1. The fourth-order valence-electron chi connectivity index (χ4n) is 3.59. The van der Waals surface area contributed by atoms with Crippen LogP contribution in [0.15, 0.2) is 54.9 Å². The van der Waals surface area contributed by atoms with E-state index in [1.165, 1.54) is 12.0 Å². The number of anilines is 5. The number of benzene rings is 2. The summed E-state index contributed by atoms with van der Waals surface area (Å²) < 4.78 is 10.8. The third-order valence-corrected chi connectivity index (χ3v) is 5.22. The first-order chi connectivity index (χ1) is 14.7. The van der Waals surface area contributed by atoms with Gasteiger partial charge in [-0.2, -0.15) is 0 Å². The molecule has 3 N–H and O–H groups in total. The first kappa shape index (κ1) is 19.6. The second kappa shape index (κ2) is 8.77. The van der Waals surface area contributed by atoms with E-state index in [1.54, 1.807) is 14.2 Å². The Morgan fingerprint density at radius 3 is 2.33 bits per heavy atom. The Morgan fingerprint density at radius 1 is 0.900 bits per heavy atom. The van der Waals surface area contributed by atoms with Gasteiger partial charge in [0.15, 0.2) is 11.6 Å². The molecule has 1 aliphatic heterocycles. The van der Waals surface area contributed by atoms with E-state index in [1.807, 2.05) is 24.3 Å². The number of nitrogen functional groups attached to an aromatic ring is 1. The highest BCUT2D eigenvalue weighted by atomic mass is 16.5. The molecule has 0 aliphatic carbocycles. The molecular formula is C22H26N6O2. The summed E-state index contributed by atoms with van der Waals surface area (Å²) in [6.07, 6.45) is 1.53. The molecule has 0 unspecified atom stereocenters. The van der Waals surface area contributed by atoms with E-state index in [9.17, 15) is 0 Å². The third kappa shape index (κ3) is 4.03. The standard InChI is InChI=1S/C22H26N6O2/c1-29-17-8-9-19(30-2)18(14-17)26-21-20(23)22(25-15-24-21)28-12-10-27(11-13-28)16-6-4-3-5-7-16/h3-9,14-15H,10-13,23H2,1-2H3,(H,24,25,26). The highest BCUT2D eigenvalue weighted by Gasteiger charge is 2.22. The summed E-state index contributed by atoms with van der Waals surface area (Å²) >= 11 is 0. The summed E-state index contributed by atoms with van der Waals surface area (Å²) in [7, 11) is 3.24. The molecule has 8 heteroatoms. The minimum Gasteiger partial charge on any atom is -0.497 e. The second-order valence-electron chi connectivity index (χ2n) is 6.96. The summed E-state index contributed by atoms with van der Waals surface area (Å²) in [5.41, 5.74) is 8.93. The van der Waals surface area contributed by atoms with Crippen LogP contribution in [-0.2, 0) is 0 Å². The molecular weight excluding hydrogens is 380 g/mol. The van der Waals surface area contributed by atoms with Crippen molar-refractivity contribution in [1.82, 2.24) is 9.97 Å². The number of hydrogen-bond donors (Lipinski definition) is 2. The van der Waals surface area contributed by atoms with Gasteiger partial charge in [0.25, 0.3) is 0 Å². The maximum atomic E-state index is 6.46. The van der Waals surface area contributed by atoms with E-state index in [2.05, 4.69) is 49.4 Å². The van der Waals surface area contributed by atoms with E-state index >= 15 is 0 Å². The van der Waals surface area contributed by atoms with Crippen molar-refractivity contribution in [2.75, 3.05) is 61.2 Å². The number of methoxy groups -OCH3 is 2. The van der Waals surface area contributed by atoms with E-state index < -0.39 is 0 Å². The molecule has 4 rings (SSSR count). The number of ether oxygens (including phenoxy) is 2. The van der Waals surface area contributed by atoms with Crippen LogP contribution in [0.25, 0.3) is 0 Å². The zero-order chi connectivity index (χ0) is 20.9. The van der Waals surface area contributed by atoms with Crippen LogP contribution in [-0.4, -0.2) is 50.4 Å². The van der Waals surface area contributed by atoms with Crippen LogP contribution in [0.4, 0.5) is 28.7 Å². The smallest absolute Gasteiger partial charge is 0.159 e. The summed E-state index contributed by atoms with van der Waals surface area (Å²) in [4.78, 5) is 13.4. The van der Waals surface area contributed by atoms with Crippen LogP contribution < -0.4 is 30.3 Å². The number of nitrogens with one attached hydrogen (secondary N) is 1. The third-order valence-electron chi connectivity index (χ3n) is 5.22. The van der Waals surface area contributed by atoms with Gasteiger partial charge in [0.05, 0.1) is 19.9 Å². The highest BCUT2D eigenvalue weighted by Crippen LogP contribution is 2.35. The molecule has 0 spiro atoms. The fraction of sp³-hybridized carbons (Fsp3) is 0.273. The summed E-state index contributed by atoms with van der Waals surface area (Å²) in [6, 6.07) is 16.0. The maximum Gasteiger partial charge on any atom is 0.159 e. The molecule has 3 aromatic rings. The molecule has 0 bridgehead atoms. The van der Waals surface area contributed by atoms with Crippen molar-refractivity contribution in [3.05, 3.63) is 54.9 Å². The van der Waals surface area contributed by atoms with Gasteiger partial charge in [-0.05, 0) is 24.3 Å². The number of para-hydroxylation sites is 1. The van der Waals surface area contributed by atoms with E-state index in [4.69, 9.17) is 15.2 Å². The van der Waals surface area contributed by atoms with Crippen molar-refractivity contribution < 1.29 is 9.47 Å². The van der Waals surface area contributed by atoms with Crippen LogP contribution in [0.5, 0.6) is 11.5 Å². The largest absolute Gasteiger partial charge is 0.497 e. The predicted molar refractivity (Wildman–Crippen MR) is 120 cm³/mol. The van der Waals surface area contributed by atoms with Gasteiger partial charge < -0.3 is 30.3 Å². The number of nitrogens with zero attached hydrogens (tertiary/aromatic N) is 4.